The fourth-order valence-electron chi connectivity index (χ4n) is 2.63. The van der Waals surface area contributed by atoms with Gasteiger partial charge in [0.05, 0.1) is 0 Å². The Bertz CT molecular complexity index is 539. The van der Waals surface area contributed by atoms with Gasteiger partial charge in [-0.3, -0.25) is 14.7 Å². The van der Waals surface area contributed by atoms with Gasteiger partial charge in [0.25, 0.3) is 0 Å². The van der Waals surface area contributed by atoms with Crippen LogP contribution in [0.2, 0.25) is 0 Å². The van der Waals surface area contributed by atoms with E-state index in [9.17, 15) is 0 Å². The normalized spacial score (nSPS) is 11.0. The molecule has 0 aromatic carbocycles. The van der Waals surface area contributed by atoms with Crippen molar-refractivity contribution < 1.29 is 28.4 Å². The van der Waals surface area contributed by atoms with E-state index in [1.54, 1.807) is 50.2 Å². The monoisotopic (exact) mass is 446 g/mol. The average molecular weight is 447 g/mol. The molecule has 1 rings (SSSR count). The fraction of sp³-hybridized carbons (Fsp3) is 0.842. The van der Waals surface area contributed by atoms with Crippen LogP contribution in [-0.2, 0) is 28.4 Å². The summed E-state index contributed by atoms with van der Waals surface area (Å²) in [4.78, 5) is 19.1. The smallest absolute Gasteiger partial charge is 0.235 e. The summed E-state index contributed by atoms with van der Waals surface area (Å²) in [5.41, 5.74) is 0. The van der Waals surface area contributed by atoms with Crippen LogP contribution in [0.5, 0.6) is 0 Å². The molecule has 0 radical (unpaired) electrons. The van der Waals surface area contributed by atoms with Gasteiger partial charge in [0.15, 0.2) is 0 Å². The lowest BCUT2D eigenvalue weighted by Crippen LogP contribution is -2.36. The van der Waals surface area contributed by atoms with Gasteiger partial charge in [0, 0.05) is 42.2 Å². The molecule has 0 atom stereocenters. The SMILES string of the molecule is CCCCCOCN(COC)c1nc(N(COC)COC)nc(N(COC)COC)n1. The van der Waals surface area contributed by atoms with Gasteiger partial charge in [0.2, 0.25) is 17.8 Å². The predicted octanol–water partition coefficient (Wildman–Crippen LogP) is 1.47. The van der Waals surface area contributed by atoms with E-state index in [-0.39, 0.29) is 40.4 Å². The van der Waals surface area contributed by atoms with Gasteiger partial charge in [0.1, 0.15) is 40.4 Å². The van der Waals surface area contributed by atoms with Crippen LogP contribution in [0.15, 0.2) is 0 Å². The molecule has 12 nitrogen and oxygen atoms in total. The van der Waals surface area contributed by atoms with Gasteiger partial charge < -0.3 is 28.4 Å². The maximum atomic E-state index is 5.82. The van der Waals surface area contributed by atoms with Crippen molar-refractivity contribution in [3.8, 4) is 0 Å². The first-order chi connectivity index (χ1) is 15.1. The first-order valence-corrected chi connectivity index (χ1v) is 10.2. The van der Waals surface area contributed by atoms with E-state index in [0.717, 1.165) is 19.3 Å². The molecule has 31 heavy (non-hydrogen) atoms. The second-order valence-corrected chi connectivity index (χ2v) is 6.69. The van der Waals surface area contributed by atoms with Crippen LogP contribution in [0.1, 0.15) is 26.2 Å². The van der Waals surface area contributed by atoms with Crippen LogP contribution in [0.25, 0.3) is 0 Å². The zero-order valence-electron chi connectivity index (χ0n) is 19.7. The highest BCUT2D eigenvalue weighted by molar-refractivity contribution is 5.45. The van der Waals surface area contributed by atoms with Crippen molar-refractivity contribution in [3.63, 3.8) is 0 Å². The Balaban J connectivity index is 3.25. The van der Waals surface area contributed by atoms with E-state index in [1.807, 2.05) is 0 Å². The third kappa shape index (κ3) is 9.89. The van der Waals surface area contributed by atoms with Crippen molar-refractivity contribution in [2.24, 2.45) is 0 Å². The van der Waals surface area contributed by atoms with Crippen molar-refractivity contribution in [2.75, 3.05) is 97.2 Å². The molecule has 0 saturated carbocycles. The highest BCUT2D eigenvalue weighted by atomic mass is 16.5. The summed E-state index contributed by atoms with van der Waals surface area (Å²) in [6.07, 6.45) is 3.25. The van der Waals surface area contributed by atoms with Crippen LogP contribution < -0.4 is 14.7 Å². The summed E-state index contributed by atoms with van der Waals surface area (Å²) < 4.78 is 32.3. The van der Waals surface area contributed by atoms with E-state index in [4.69, 9.17) is 28.4 Å². The average Bonchev–Trinajstić information content (AvgIpc) is 2.77. The maximum absolute atomic E-state index is 5.82. The molecule has 0 unspecified atom stereocenters. The van der Waals surface area contributed by atoms with Crippen LogP contribution in [-0.4, -0.2) is 97.5 Å². The third-order valence-electron chi connectivity index (χ3n) is 4.01. The van der Waals surface area contributed by atoms with Gasteiger partial charge in [-0.25, -0.2) is 0 Å². The zero-order chi connectivity index (χ0) is 22.9. The molecule has 1 aromatic rings. The Morgan fingerprint density at radius 3 is 1.23 bits per heavy atom. The van der Waals surface area contributed by atoms with Gasteiger partial charge in [-0.05, 0) is 6.42 Å². The van der Waals surface area contributed by atoms with Crippen molar-refractivity contribution in [3.05, 3.63) is 0 Å². The molecule has 180 valence electrons. The topological polar surface area (TPSA) is 104 Å². The third-order valence-corrected chi connectivity index (χ3v) is 4.01. The van der Waals surface area contributed by atoms with Gasteiger partial charge in [-0.1, -0.05) is 19.8 Å². The lowest BCUT2D eigenvalue weighted by atomic mass is 10.3. The molecular weight excluding hydrogens is 408 g/mol. The van der Waals surface area contributed by atoms with Crippen molar-refractivity contribution in [1.82, 2.24) is 15.0 Å². The number of nitrogens with zero attached hydrogens (tertiary/aromatic N) is 6. The summed E-state index contributed by atoms with van der Waals surface area (Å²) in [6.45, 7) is 4.29. The number of aromatic nitrogens is 3. The summed E-state index contributed by atoms with van der Waals surface area (Å²) in [7, 11) is 7.98. The van der Waals surface area contributed by atoms with Crippen LogP contribution >= 0.6 is 0 Å². The van der Waals surface area contributed by atoms with Crippen molar-refractivity contribution >= 4 is 17.8 Å². The molecule has 0 aliphatic carbocycles. The minimum atomic E-state index is 0.239. The Morgan fingerprint density at radius 1 is 0.548 bits per heavy atom. The molecule has 0 fully saturated rings. The minimum absolute atomic E-state index is 0.239. The predicted molar refractivity (Wildman–Crippen MR) is 117 cm³/mol. The molecule has 0 amide bonds. The van der Waals surface area contributed by atoms with Crippen LogP contribution in [0.4, 0.5) is 17.8 Å². The number of anilines is 3. The van der Waals surface area contributed by atoms with Gasteiger partial charge in [-0.2, -0.15) is 15.0 Å². The number of unbranched alkanes of at least 4 members (excludes halogenated alkanes) is 2. The zero-order valence-corrected chi connectivity index (χ0v) is 19.7. The van der Waals surface area contributed by atoms with Gasteiger partial charge >= 0.3 is 0 Å². The molecule has 0 aliphatic rings. The summed E-state index contributed by atoms with van der Waals surface area (Å²) in [5.74, 6) is 1.16. The standard InChI is InChI=1S/C19H38N6O6/c1-7-8-9-10-31-16-25(15-30-6)19-21-17(23(11-26-2)12-27-3)20-18(22-19)24(13-28-4)14-29-5/h7-16H2,1-6H3. The van der Waals surface area contributed by atoms with E-state index < -0.39 is 0 Å². The Hall–Kier alpha value is -1.83. The fourth-order valence-corrected chi connectivity index (χ4v) is 2.63. The molecule has 0 spiro atoms. The molecule has 1 aromatic heterocycles. The highest BCUT2D eigenvalue weighted by Crippen LogP contribution is 2.20. The first-order valence-electron chi connectivity index (χ1n) is 10.2. The summed E-state index contributed by atoms with van der Waals surface area (Å²) in [5, 5.41) is 0. The van der Waals surface area contributed by atoms with Gasteiger partial charge in [-0.15, -0.1) is 0 Å². The van der Waals surface area contributed by atoms with E-state index >= 15 is 0 Å². The van der Waals surface area contributed by atoms with Crippen LogP contribution in [0.3, 0.4) is 0 Å². The van der Waals surface area contributed by atoms with E-state index in [0.29, 0.717) is 24.5 Å². The molecule has 12 heteroatoms. The molecule has 0 N–H and O–H groups in total. The summed E-state index contributed by atoms with van der Waals surface area (Å²) in [6, 6.07) is 0. The lowest BCUT2D eigenvalue weighted by molar-refractivity contribution is 0.101. The molecule has 0 bridgehead atoms. The second-order valence-electron chi connectivity index (χ2n) is 6.69. The van der Waals surface area contributed by atoms with Crippen LogP contribution in [0, 0.1) is 0 Å². The Labute approximate surface area is 185 Å². The van der Waals surface area contributed by atoms with E-state index in [2.05, 4.69) is 21.9 Å². The molecule has 1 heterocycles. The molecule has 0 aliphatic heterocycles. The largest absolute Gasteiger partial charge is 0.364 e. The number of methoxy groups -OCH3 is 5. The number of rotatable bonds is 19. The van der Waals surface area contributed by atoms with E-state index in [1.165, 1.54) is 0 Å². The van der Waals surface area contributed by atoms with Crippen molar-refractivity contribution in [1.29, 1.82) is 0 Å². The summed E-state index contributed by atoms with van der Waals surface area (Å²) >= 11 is 0. The molecular formula is C19H38N6O6. The Morgan fingerprint density at radius 2 is 0.903 bits per heavy atom. The quantitative estimate of drug-likeness (QED) is 0.227. The molecule has 0 saturated heterocycles. The maximum Gasteiger partial charge on any atom is 0.235 e. The Kier molecular flexibility index (Phi) is 14.8. The minimum Gasteiger partial charge on any atom is -0.364 e. The number of hydrogen-bond donors (Lipinski definition) is 0. The highest BCUT2D eigenvalue weighted by Gasteiger charge is 2.20. The lowest BCUT2D eigenvalue weighted by Gasteiger charge is -2.27. The van der Waals surface area contributed by atoms with Crippen molar-refractivity contribution in [2.45, 2.75) is 26.2 Å². The second kappa shape index (κ2) is 16.8. The number of hydrogen-bond acceptors (Lipinski definition) is 12. The number of ether oxygens (including phenoxy) is 6. The first kappa shape index (κ1) is 27.2.